The third-order valence-electron chi connectivity index (χ3n) is 2.94. The van der Waals surface area contributed by atoms with E-state index in [1.165, 1.54) is 21.5 Å². The normalized spacial score (nSPS) is 9.83. The van der Waals surface area contributed by atoms with Crippen LogP contribution in [0.1, 0.15) is 13.3 Å². The lowest BCUT2D eigenvalue weighted by molar-refractivity contribution is 1.23. The Morgan fingerprint density at radius 2 is 1.17 bits per heavy atom. The van der Waals surface area contributed by atoms with Crippen LogP contribution in [-0.2, 0) is 0 Å². The van der Waals surface area contributed by atoms with Crippen LogP contribution in [0.15, 0.2) is 73.3 Å². The van der Waals surface area contributed by atoms with E-state index in [0.29, 0.717) is 0 Å². The van der Waals surface area contributed by atoms with Gasteiger partial charge in [-0.2, -0.15) is 0 Å². The molecule has 0 saturated heterocycles. The van der Waals surface area contributed by atoms with Gasteiger partial charge in [-0.1, -0.05) is 73.7 Å². The molecule has 0 heterocycles. The second-order valence-corrected chi connectivity index (χ2v) is 4.20. The minimum Gasteiger partial charge on any atom is -0.103 e. The lowest BCUT2D eigenvalue weighted by Gasteiger charge is -2.02. The molecule has 0 amide bonds. The molecule has 0 bridgehead atoms. The molecule has 0 unspecified atom stereocenters. The van der Waals surface area contributed by atoms with Crippen molar-refractivity contribution >= 4 is 21.5 Å². The van der Waals surface area contributed by atoms with Crippen LogP contribution in [-0.4, -0.2) is 0 Å². The number of allylic oxidation sites excluding steroid dienone is 1. The van der Waals surface area contributed by atoms with Gasteiger partial charge in [-0.25, -0.2) is 0 Å². The van der Waals surface area contributed by atoms with E-state index in [9.17, 15) is 0 Å². The van der Waals surface area contributed by atoms with Gasteiger partial charge in [-0.15, -0.1) is 6.58 Å². The molecule has 18 heavy (non-hydrogen) atoms. The molecule has 0 aromatic heterocycles. The van der Waals surface area contributed by atoms with E-state index in [2.05, 4.69) is 74.2 Å². The third kappa shape index (κ3) is 2.60. The predicted octanol–water partition coefficient (Wildman–Crippen LogP) is 5.58. The van der Waals surface area contributed by atoms with Gasteiger partial charge in [0, 0.05) is 0 Å². The van der Waals surface area contributed by atoms with Gasteiger partial charge in [0.2, 0.25) is 0 Å². The fourth-order valence-electron chi connectivity index (χ4n) is 1.95. The number of benzene rings is 3. The minimum absolute atomic E-state index is 1.08. The van der Waals surface area contributed by atoms with E-state index in [4.69, 9.17) is 0 Å². The van der Waals surface area contributed by atoms with Crippen LogP contribution in [0.25, 0.3) is 21.5 Å². The van der Waals surface area contributed by atoms with Crippen molar-refractivity contribution in [2.45, 2.75) is 13.3 Å². The Morgan fingerprint density at radius 3 is 1.56 bits per heavy atom. The summed E-state index contributed by atoms with van der Waals surface area (Å²) in [5.74, 6) is 0. The van der Waals surface area contributed by atoms with Crippen molar-refractivity contribution in [2.75, 3.05) is 0 Å². The summed E-state index contributed by atoms with van der Waals surface area (Å²) < 4.78 is 0. The van der Waals surface area contributed by atoms with Crippen molar-refractivity contribution in [3.05, 3.63) is 73.3 Å². The molecule has 3 aromatic carbocycles. The molecular weight excluding hydrogens is 216 g/mol. The molecule has 0 N–H and O–H groups in total. The molecule has 0 aliphatic rings. The highest BCUT2D eigenvalue weighted by molar-refractivity contribution is 6.07. The Balaban J connectivity index is 0.000000267. The molecule has 90 valence electrons. The monoisotopic (exact) mass is 234 g/mol. The van der Waals surface area contributed by atoms with Gasteiger partial charge in [0.05, 0.1) is 0 Å². The van der Waals surface area contributed by atoms with Crippen LogP contribution >= 0.6 is 0 Å². The van der Waals surface area contributed by atoms with Gasteiger partial charge in [0.1, 0.15) is 0 Å². The fraction of sp³-hybridized carbons (Fsp3) is 0.111. The van der Waals surface area contributed by atoms with Gasteiger partial charge in [0.15, 0.2) is 0 Å². The van der Waals surface area contributed by atoms with E-state index >= 15 is 0 Å². The van der Waals surface area contributed by atoms with E-state index in [-0.39, 0.29) is 0 Å². The standard InChI is InChI=1S/C14H10.C4H8/c1-3-7-13-11(5-1)9-10-12-6-2-4-8-14(12)13;1-3-4-2/h1-10H;3H,1,4H2,2H3. The largest absolute Gasteiger partial charge is 0.103 e. The minimum atomic E-state index is 1.08. The highest BCUT2D eigenvalue weighted by Crippen LogP contribution is 2.24. The van der Waals surface area contributed by atoms with E-state index < -0.39 is 0 Å². The Labute approximate surface area is 109 Å². The van der Waals surface area contributed by atoms with Gasteiger partial charge in [0.25, 0.3) is 0 Å². The van der Waals surface area contributed by atoms with Crippen molar-refractivity contribution in [1.82, 2.24) is 0 Å². The van der Waals surface area contributed by atoms with Crippen LogP contribution in [0.4, 0.5) is 0 Å². The SMILES string of the molecule is C=CCC.c1ccc2c(c1)ccc1ccccc12. The molecule has 0 spiro atoms. The first-order valence-electron chi connectivity index (χ1n) is 6.34. The Morgan fingerprint density at radius 1 is 0.778 bits per heavy atom. The van der Waals surface area contributed by atoms with E-state index in [1.807, 2.05) is 6.08 Å². The second-order valence-electron chi connectivity index (χ2n) is 4.20. The number of hydrogen-bond acceptors (Lipinski definition) is 0. The first-order valence-corrected chi connectivity index (χ1v) is 6.34. The number of hydrogen-bond donors (Lipinski definition) is 0. The lowest BCUT2D eigenvalue weighted by atomic mass is 10.0. The molecule has 0 aliphatic heterocycles. The van der Waals surface area contributed by atoms with Crippen molar-refractivity contribution in [1.29, 1.82) is 0 Å². The van der Waals surface area contributed by atoms with Crippen molar-refractivity contribution in [2.24, 2.45) is 0 Å². The van der Waals surface area contributed by atoms with Gasteiger partial charge >= 0.3 is 0 Å². The first kappa shape index (κ1) is 12.4. The number of fused-ring (bicyclic) bond motifs is 3. The Hall–Kier alpha value is -2.08. The van der Waals surface area contributed by atoms with Crippen molar-refractivity contribution in [3.63, 3.8) is 0 Å². The molecule has 3 aromatic rings. The maximum Gasteiger partial charge on any atom is -0.0105 e. The summed E-state index contributed by atoms with van der Waals surface area (Å²) in [6, 6.07) is 21.4. The summed E-state index contributed by atoms with van der Waals surface area (Å²) >= 11 is 0. The second kappa shape index (κ2) is 6.02. The Kier molecular flexibility index (Phi) is 4.14. The zero-order valence-corrected chi connectivity index (χ0v) is 10.8. The zero-order valence-electron chi connectivity index (χ0n) is 10.8. The van der Waals surface area contributed by atoms with Crippen LogP contribution in [0, 0.1) is 0 Å². The summed E-state index contributed by atoms with van der Waals surface area (Å²) in [6.07, 6.45) is 2.96. The quantitative estimate of drug-likeness (QED) is 0.381. The highest BCUT2D eigenvalue weighted by atomic mass is 14.0. The summed E-state index contributed by atoms with van der Waals surface area (Å²) in [5, 5.41) is 5.30. The van der Waals surface area contributed by atoms with Crippen molar-refractivity contribution in [3.8, 4) is 0 Å². The van der Waals surface area contributed by atoms with Gasteiger partial charge < -0.3 is 0 Å². The molecular formula is C18H18. The van der Waals surface area contributed by atoms with Crippen molar-refractivity contribution < 1.29 is 0 Å². The van der Waals surface area contributed by atoms with Crippen LogP contribution in [0.2, 0.25) is 0 Å². The predicted molar refractivity (Wildman–Crippen MR) is 81.9 cm³/mol. The molecule has 3 rings (SSSR count). The summed E-state index contributed by atoms with van der Waals surface area (Å²) in [7, 11) is 0. The van der Waals surface area contributed by atoms with Crippen LogP contribution in [0.5, 0.6) is 0 Å². The van der Waals surface area contributed by atoms with Crippen LogP contribution in [0.3, 0.4) is 0 Å². The number of rotatable bonds is 1. The van der Waals surface area contributed by atoms with E-state index in [1.54, 1.807) is 0 Å². The molecule has 0 saturated carbocycles. The Bertz CT molecular complexity index is 595. The molecule has 0 radical (unpaired) electrons. The lowest BCUT2D eigenvalue weighted by Crippen LogP contribution is -1.75. The topological polar surface area (TPSA) is 0 Å². The average molecular weight is 234 g/mol. The highest BCUT2D eigenvalue weighted by Gasteiger charge is 1.97. The molecule has 0 nitrogen and oxygen atoms in total. The fourth-order valence-corrected chi connectivity index (χ4v) is 1.95. The van der Waals surface area contributed by atoms with Gasteiger partial charge in [-0.05, 0) is 28.0 Å². The summed E-state index contributed by atoms with van der Waals surface area (Å²) in [5.41, 5.74) is 0. The van der Waals surface area contributed by atoms with Gasteiger partial charge in [-0.3, -0.25) is 0 Å². The molecule has 0 aliphatic carbocycles. The first-order chi connectivity index (χ1) is 8.86. The average Bonchev–Trinajstić information content (AvgIpc) is 2.47. The zero-order chi connectivity index (χ0) is 12.8. The van der Waals surface area contributed by atoms with Crippen LogP contribution < -0.4 is 0 Å². The van der Waals surface area contributed by atoms with E-state index in [0.717, 1.165) is 6.42 Å². The maximum absolute atomic E-state index is 3.48. The smallest absolute Gasteiger partial charge is 0.0105 e. The summed E-state index contributed by atoms with van der Waals surface area (Å²) in [4.78, 5) is 0. The summed E-state index contributed by atoms with van der Waals surface area (Å²) in [6.45, 7) is 5.54. The molecule has 0 fully saturated rings. The molecule has 0 heteroatoms. The molecule has 0 atom stereocenters. The third-order valence-corrected chi connectivity index (χ3v) is 2.94. The maximum atomic E-state index is 3.48.